The molecular weight excluding hydrogens is 448 g/mol. The van der Waals surface area contributed by atoms with Gasteiger partial charge in [-0.05, 0) is 35.6 Å². The summed E-state index contributed by atoms with van der Waals surface area (Å²) >= 11 is 0. The summed E-state index contributed by atoms with van der Waals surface area (Å²) in [6.45, 7) is 2.78. The van der Waals surface area contributed by atoms with Crippen LogP contribution in [0, 0.1) is 6.92 Å². The Morgan fingerprint density at radius 3 is 2.34 bits per heavy atom. The van der Waals surface area contributed by atoms with Crippen LogP contribution >= 0.6 is 0 Å². The Kier molecular flexibility index (Phi) is 7.45. The van der Waals surface area contributed by atoms with Gasteiger partial charge in [0.25, 0.3) is 0 Å². The van der Waals surface area contributed by atoms with E-state index in [1.807, 2.05) is 60.0 Å². The molecule has 0 bridgehead atoms. The van der Waals surface area contributed by atoms with Crippen molar-refractivity contribution in [2.75, 3.05) is 13.2 Å². The van der Waals surface area contributed by atoms with E-state index in [2.05, 4.69) is 15.6 Å². The number of ether oxygens (including phenoxy) is 1. The van der Waals surface area contributed by atoms with Crippen LogP contribution in [0.2, 0.25) is 0 Å². The van der Waals surface area contributed by atoms with Crippen molar-refractivity contribution in [3.05, 3.63) is 77.9 Å². The molecule has 4 rings (SSSR count). The van der Waals surface area contributed by atoms with Crippen molar-refractivity contribution in [1.82, 2.24) is 20.2 Å². The van der Waals surface area contributed by atoms with E-state index < -0.39 is 24.0 Å². The highest BCUT2D eigenvalue weighted by molar-refractivity contribution is 5.86. The van der Waals surface area contributed by atoms with Crippen LogP contribution in [0.15, 0.2) is 60.9 Å². The number of benzene rings is 2. The van der Waals surface area contributed by atoms with Gasteiger partial charge >= 0.3 is 12.1 Å². The second-order valence-corrected chi connectivity index (χ2v) is 8.41. The third-order valence-corrected chi connectivity index (χ3v) is 6.17. The minimum Gasteiger partial charge on any atom is -0.481 e. The summed E-state index contributed by atoms with van der Waals surface area (Å²) in [6.07, 6.45) is 2.41. The van der Waals surface area contributed by atoms with Gasteiger partial charge in [0.05, 0.1) is 0 Å². The molecule has 0 saturated carbocycles. The number of carboxylic acids is 1. The summed E-state index contributed by atoms with van der Waals surface area (Å²) in [7, 11) is 0. The molecule has 1 unspecified atom stereocenters. The molecule has 2 amide bonds. The second kappa shape index (κ2) is 10.9. The number of aliphatic carboxylic acids is 1. The highest BCUT2D eigenvalue weighted by atomic mass is 16.5. The fourth-order valence-electron chi connectivity index (χ4n) is 4.38. The van der Waals surface area contributed by atoms with Crippen molar-refractivity contribution in [2.45, 2.75) is 38.3 Å². The molecule has 9 nitrogen and oxygen atoms in total. The first-order chi connectivity index (χ1) is 16.9. The summed E-state index contributed by atoms with van der Waals surface area (Å²) < 4.78 is 7.40. The molecule has 3 aromatic rings. The highest BCUT2D eigenvalue weighted by Crippen LogP contribution is 2.44. The lowest BCUT2D eigenvalue weighted by molar-refractivity contribution is -0.137. The first-order valence-electron chi connectivity index (χ1n) is 11.5. The normalized spacial score (nSPS) is 12.9. The van der Waals surface area contributed by atoms with E-state index in [0.717, 1.165) is 28.1 Å². The average molecular weight is 477 g/mol. The van der Waals surface area contributed by atoms with Gasteiger partial charge in [-0.15, -0.1) is 0 Å². The predicted molar refractivity (Wildman–Crippen MR) is 129 cm³/mol. The van der Waals surface area contributed by atoms with Gasteiger partial charge in [0, 0.05) is 37.8 Å². The molecule has 0 saturated heterocycles. The van der Waals surface area contributed by atoms with Crippen LogP contribution in [-0.4, -0.2) is 51.8 Å². The van der Waals surface area contributed by atoms with Gasteiger partial charge in [0.1, 0.15) is 18.5 Å². The molecule has 1 heterocycles. The summed E-state index contributed by atoms with van der Waals surface area (Å²) in [5.41, 5.74) is 4.39. The SMILES string of the molecule is Cc1nccn1CCNC(=O)C(CCC(=O)O)NC(=O)OCC1c2ccccc2-c2ccccc21. The number of carbonyl (C=O) groups is 3. The maximum atomic E-state index is 12.7. The zero-order valence-electron chi connectivity index (χ0n) is 19.4. The van der Waals surface area contributed by atoms with Crippen molar-refractivity contribution in [3.8, 4) is 11.1 Å². The zero-order valence-corrected chi connectivity index (χ0v) is 19.4. The van der Waals surface area contributed by atoms with Gasteiger partial charge in [-0.2, -0.15) is 0 Å². The Morgan fingerprint density at radius 2 is 1.74 bits per heavy atom. The van der Waals surface area contributed by atoms with E-state index >= 15 is 0 Å². The third-order valence-electron chi connectivity index (χ3n) is 6.17. The molecule has 1 atom stereocenters. The number of aromatic nitrogens is 2. The Balaban J connectivity index is 1.36. The number of nitrogens with zero attached hydrogens (tertiary/aromatic N) is 2. The van der Waals surface area contributed by atoms with Gasteiger partial charge in [0.2, 0.25) is 5.91 Å². The van der Waals surface area contributed by atoms with Crippen molar-refractivity contribution >= 4 is 18.0 Å². The zero-order chi connectivity index (χ0) is 24.8. The summed E-state index contributed by atoms with van der Waals surface area (Å²) in [5, 5.41) is 14.4. The lowest BCUT2D eigenvalue weighted by Gasteiger charge is -2.19. The fourth-order valence-corrected chi connectivity index (χ4v) is 4.38. The van der Waals surface area contributed by atoms with Gasteiger partial charge in [0.15, 0.2) is 0 Å². The minimum absolute atomic E-state index is 0.0462. The molecular formula is C26H28N4O5. The number of carbonyl (C=O) groups excluding carboxylic acids is 2. The Morgan fingerprint density at radius 1 is 1.09 bits per heavy atom. The van der Waals surface area contributed by atoms with Gasteiger partial charge in [-0.1, -0.05) is 48.5 Å². The van der Waals surface area contributed by atoms with Crippen LogP contribution in [0.25, 0.3) is 11.1 Å². The number of rotatable bonds is 10. The standard InChI is InChI=1S/C26H28N4O5/c1-17-27-12-14-30(17)15-13-28-25(33)23(10-11-24(31)32)29-26(34)35-16-22-20-8-4-2-6-18(20)19-7-3-5-9-21(19)22/h2-9,12,14,22-23H,10-11,13,15-16H2,1H3,(H,28,33)(H,29,34)(H,31,32). The fraction of sp³-hybridized carbons (Fsp3) is 0.308. The monoisotopic (exact) mass is 476 g/mol. The first-order valence-corrected chi connectivity index (χ1v) is 11.5. The van der Waals surface area contributed by atoms with Crippen LogP contribution in [0.5, 0.6) is 0 Å². The summed E-state index contributed by atoms with van der Waals surface area (Å²) in [4.78, 5) is 40.5. The predicted octanol–water partition coefficient (Wildman–Crippen LogP) is 3.08. The smallest absolute Gasteiger partial charge is 0.407 e. The molecule has 0 fully saturated rings. The minimum atomic E-state index is -1.05. The largest absolute Gasteiger partial charge is 0.481 e. The highest BCUT2D eigenvalue weighted by Gasteiger charge is 2.30. The number of hydrogen-bond acceptors (Lipinski definition) is 5. The quantitative estimate of drug-likeness (QED) is 0.413. The van der Waals surface area contributed by atoms with E-state index in [9.17, 15) is 14.4 Å². The molecule has 0 spiro atoms. The number of carboxylic acid groups (broad SMARTS) is 1. The van der Waals surface area contributed by atoms with Crippen LogP contribution in [0.4, 0.5) is 4.79 Å². The van der Waals surface area contributed by atoms with E-state index in [1.165, 1.54) is 0 Å². The molecule has 35 heavy (non-hydrogen) atoms. The maximum Gasteiger partial charge on any atom is 0.407 e. The Labute approximate surface area is 203 Å². The number of amides is 2. The second-order valence-electron chi connectivity index (χ2n) is 8.41. The topological polar surface area (TPSA) is 123 Å². The molecule has 9 heteroatoms. The Bertz CT molecular complexity index is 1180. The number of hydrogen-bond donors (Lipinski definition) is 3. The van der Waals surface area contributed by atoms with E-state index in [4.69, 9.17) is 9.84 Å². The van der Waals surface area contributed by atoms with Gasteiger partial charge < -0.3 is 25.0 Å². The van der Waals surface area contributed by atoms with E-state index in [0.29, 0.717) is 13.1 Å². The number of alkyl carbamates (subject to hydrolysis) is 1. The molecule has 2 aromatic carbocycles. The van der Waals surface area contributed by atoms with Crippen molar-refractivity contribution in [2.24, 2.45) is 0 Å². The average Bonchev–Trinajstić information content (AvgIpc) is 3.41. The molecule has 182 valence electrons. The molecule has 1 aliphatic rings. The lowest BCUT2D eigenvalue weighted by Crippen LogP contribution is -2.48. The number of aryl methyl sites for hydroxylation is 1. The molecule has 0 radical (unpaired) electrons. The summed E-state index contributed by atoms with van der Waals surface area (Å²) in [5.74, 6) is -0.806. The molecule has 1 aliphatic carbocycles. The maximum absolute atomic E-state index is 12.7. The van der Waals surface area contributed by atoms with Gasteiger partial charge in [-0.3, -0.25) is 9.59 Å². The summed E-state index contributed by atoms with van der Waals surface area (Å²) in [6, 6.07) is 15.0. The lowest BCUT2D eigenvalue weighted by atomic mass is 9.98. The molecule has 1 aromatic heterocycles. The first kappa shape index (κ1) is 24.0. The van der Waals surface area contributed by atoms with Crippen LogP contribution in [-0.2, 0) is 20.9 Å². The number of fused-ring (bicyclic) bond motifs is 3. The van der Waals surface area contributed by atoms with Crippen LogP contribution < -0.4 is 10.6 Å². The number of imidazole rings is 1. The van der Waals surface area contributed by atoms with Crippen LogP contribution in [0.1, 0.15) is 35.7 Å². The molecule has 0 aliphatic heterocycles. The third kappa shape index (κ3) is 5.68. The van der Waals surface area contributed by atoms with E-state index in [-0.39, 0.29) is 25.4 Å². The van der Waals surface area contributed by atoms with Crippen molar-refractivity contribution < 1.29 is 24.2 Å². The van der Waals surface area contributed by atoms with E-state index in [1.54, 1.807) is 12.4 Å². The van der Waals surface area contributed by atoms with Crippen molar-refractivity contribution in [1.29, 1.82) is 0 Å². The van der Waals surface area contributed by atoms with Gasteiger partial charge in [-0.25, -0.2) is 9.78 Å². The Hall–Kier alpha value is -4.14. The van der Waals surface area contributed by atoms with Crippen LogP contribution in [0.3, 0.4) is 0 Å². The molecule has 3 N–H and O–H groups in total. The number of nitrogens with one attached hydrogen (secondary N) is 2. The van der Waals surface area contributed by atoms with Crippen molar-refractivity contribution in [3.63, 3.8) is 0 Å².